The molecular weight excluding hydrogens is 184 g/mol. The molecule has 0 saturated carbocycles. The molecule has 15 heavy (non-hydrogen) atoms. The first-order valence-electron chi connectivity index (χ1n) is 5.71. The third kappa shape index (κ3) is 1.29. The van der Waals surface area contributed by atoms with E-state index in [0.29, 0.717) is 6.54 Å². The fourth-order valence-electron chi connectivity index (χ4n) is 2.66. The number of aromatic nitrogens is 1. The summed E-state index contributed by atoms with van der Waals surface area (Å²) in [6.07, 6.45) is 5.07. The minimum Gasteiger partial charge on any atom is -0.358 e. The second kappa shape index (κ2) is 3.38. The quantitative estimate of drug-likeness (QED) is 0.729. The first-order valence-corrected chi connectivity index (χ1v) is 5.71. The van der Waals surface area contributed by atoms with E-state index in [1.807, 2.05) is 0 Å². The molecule has 0 atom stereocenters. The third-order valence-electron chi connectivity index (χ3n) is 3.44. The number of hydrogen-bond donors (Lipinski definition) is 2. The second-order valence-electron chi connectivity index (χ2n) is 4.33. The van der Waals surface area contributed by atoms with Crippen LogP contribution in [0.1, 0.15) is 29.7 Å². The Morgan fingerprint density at radius 1 is 1.20 bits per heavy atom. The van der Waals surface area contributed by atoms with Crippen LogP contribution >= 0.6 is 0 Å². The summed E-state index contributed by atoms with van der Waals surface area (Å²) in [6, 6.07) is 6.45. The number of nitrogens with two attached hydrogens (primary N) is 1. The standard InChI is InChI=1S/C13H16N2/c14-8-9-4-3-6-11-10-5-1-2-7-12(10)15-13(9)11/h3-4,6,15H,1-2,5,7-8,14H2. The molecule has 1 aliphatic rings. The van der Waals surface area contributed by atoms with Gasteiger partial charge in [0, 0.05) is 17.6 Å². The van der Waals surface area contributed by atoms with Crippen LogP contribution in [0.25, 0.3) is 10.9 Å². The summed E-state index contributed by atoms with van der Waals surface area (Å²) in [5.41, 5.74) is 11.2. The van der Waals surface area contributed by atoms with Crippen molar-refractivity contribution >= 4 is 10.9 Å². The molecule has 0 bridgehead atoms. The molecule has 1 aliphatic carbocycles. The second-order valence-corrected chi connectivity index (χ2v) is 4.33. The largest absolute Gasteiger partial charge is 0.358 e. The number of rotatable bonds is 1. The Balaban J connectivity index is 2.31. The minimum atomic E-state index is 0.622. The van der Waals surface area contributed by atoms with Gasteiger partial charge in [0.15, 0.2) is 0 Å². The lowest BCUT2D eigenvalue weighted by Crippen LogP contribution is -1.99. The van der Waals surface area contributed by atoms with Crippen molar-refractivity contribution in [2.24, 2.45) is 5.73 Å². The lowest BCUT2D eigenvalue weighted by atomic mass is 9.95. The van der Waals surface area contributed by atoms with Crippen LogP contribution in [-0.2, 0) is 19.4 Å². The van der Waals surface area contributed by atoms with E-state index in [0.717, 1.165) is 0 Å². The predicted molar refractivity (Wildman–Crippen MR) is 62.8 cm³/mol. The lowest BCUT2D eigenvalue weighted by Gasteiger charge is -2.10. The number of aryl methyl sites for hydroxylation is 2. The molecule has 1 aromatic carbocycles. The maximum Gasteiger partial charge on any atom is 0.0504 e. The Bertz CT molecular complexity index is 496. The van der Waals surface area contributed by atoms with Gasteiger partial charge in [0.05, 0.1) is 5.52 Å². The Morgan fingerprint density at radius 3 is 2.93 bits per heavy atom. The van der Waals surface area contributed by atoms with E-state index in [4.69, 9.17) is 5.73 Å². The Labute approximate surface area is 89.5 Å². The summed E-state index contributed by atoms with van der Waals surface area (Å²) < 4.78 is 0. The van der Waals surface area contributed by atoms with Gasteiger partial charge < -0.3 is 10.7 Å². The topological polar surface area (TPSA) is 41.8 Å². The van der Waals surface area contributed by atoms with Gasteiger partial charge in [-0.3, -0.25) is 0 Å². The SMILES string of the molecule is NCc1cccc2c3c([nH]c12)CCCC3. The number of para-hydroxylation sites is 1. The van der Waals surface area contributed by atoms with Crippen LogP contribution in [0.3, 0.4) is 0 Å². The van der Waals surface area contributed by atoms with Crippen molar-refractivity contribution in [3.8, 4) is 0 Å². The predicted octanol–water partition coefficient (Wildman–Crippen LogP) is 2.51. The average Bonchev–Trinajstić information content (AvgIpc) is 2.67. The molecule has 0 amide bonds. The molecule has 0 saturated heterocycles. The van der Waals surface area contributed by atoms with E-state index in [1.165, 1.54) is 53.4 Å². The molecule has 0 unspecified atom stereocenters. The molecule has 3 rings (SSSR count). The van der Waals surface area contributed by atoms with Crippen LogP contribution in [0.15, 0.2) is 18.2 Å². The van der Waals surface area contributed by atoms with Gasteiger partial charge >= 0.3 is 0 Å². The van der Waals surface area contributed by atoms with Crippen molar-refractivity contribution in [3.63, 3.8) is 0 Å². The molecule has 78 valence electrons. The first-order chi connectivity index (χ1) is 7.40. The van der Waals surface area contributed by atoms with Crippen molar-refractivity contribution in [1.29, 1.82) is 0 Å². The van der Waals surface area contributed by atoms with E-state index in [-0.39, 0.29) is 0 Å². The number of benzene rings is 1. The lowest BCUT2D eigenvalue weighted by molar-refractivity contribution is 0.680. The molecule has 0 aliphatic heterocycles. The van der Waals surface area contributed by atoms with E-state index < -0.39 is 0 Å². The summed E-state index contributed by atoms with van der Waals surface area (Å²) in [5, 5.41) is 1.40. The monoisotopic (exact) mass is 200 g/mol. The summed E-state index contributed by atoms with van der Waals surface area (Å²) >= 11 is 0. The first kappa shape index (κ1) is 8.98. The molecule has 0 radical (unpaired) electrons. The highest BCUT2D eigenvalue weighted by Gasteiger charge is 2.15. The zero-order valence-corrected chi connectivity index (χ0v) is 8.84. The Hall–Kier alpha value is -1.28. The van der Waals surface area contributed by atoms with Crippen molar-refractivity contribution < 1.29 is 0 Å². The molecule has 2 nitrogen and oxygen atoms in total. The van der Waals surface area contributed by atoms with Crippen molar-refractivity contribution in [2.45, 2.75) is 32.2 Å². The number of aromatic amines is 1. The van der Waals surface area contributed by atoms with Gasteiger partial charge in [0.1, 0.15) is 0 Å². The van der Waals surface area contributed by atoms with E-state index in [2.05, 4.69) is 23.2 Å². The van der Waals surface area contributed by atoms with Crippen molar-refractivity contribution in [2.75, 3.05) is 0 Å². The summed E-state index contributed by atoms with van der Waals surface area (Å²) in [7, 11) is 0. The number of H-pyrrole nitrogens is 1. The number of fused-ring (bicyclic) bond motifs is 3. The van der Waals surface area contributed by atoms with Crippen LogP contribution in [0.5, 0.6) is 0 Å². The molecule has 2 heteroatoms. The third-order valence-corrected chi connectivity index (χ3v) is 3.44. The highest BCUT2D eigenvalue weighted by atomic mass is 14.7. The highest BCUT2D eigenvalue weighted by molar-refractivity contribution is 5.87. The summed E-state index contributed by atoms with van der Waals surface area (Å²) in [6.45, 7) is 0.622. The van der Waals surface area contributed by atoms with Gasteiger partial charge in [-0.15, -0.1) is 0 Å². The Morgan fingerprint density at radius 2 is 2.07 bits per heavy atom. The van der Waals surface area contributed by atoms with Crippen molar-refractivity contribution in [1.82, 2.24) is 4.98 Å². The van der Waals surface area contributed by atoms with Crippen LogP contribution in [0.2, 0.25) is 0 Å². The zero-order chi connectivity index (χ0) is 10.3. The number of hydrogen-bond acceptors (Lipinski definition) is 1. The van der Waals surface area contributed by atoms with Crippen LogP contribution < -0.4 is 5.73 Å². The van der Waals surface area contributed by atoms with Crippen molar-refractivity contribution in [3.05, 3.63) is 35.0 Å². The maximum atomic E-state index is 5.75. The van der Waals surface area contributed by atoms with Crippen LogP contribution in [0, 0.1) is 0 Å². The minimum absolute atomic E-state index is 0.622. The normalized spacial score (nSPS) is 15.5. The fraction of sp³-hybridized carbons (Fsp3) is 0.385. The zero-order valence-electron chi connectivity index (χ0n) is 8.84. The van der Waals surface area contributed by atoms with E-state index in [9.17, 15) is 0 Å². The van der Waals surface area contributed by atoms with E-state index in [1.54, 1.807) is 0 Å². The molecular formula is C13H16N2. The molecule has 3 N–H and O–H groups in total. The van der Waals surface area contributed by atoms with E-state index >= 15 is 0 Å². The maximum absolute atomic E-state index is 5.75. The van der Waals surface area contributed by atoms with Crippen LogP contribution in [0.4, 0.5) is 0 Å². The smallest absolute Gasteiger partial charge is 0.0504 e. The molecule has 1 heterocycles. The molecule has 0 spiro atoms. The van der Waals surface area contributed by atoms with Crippen LogP contribution in [-0.4, -0.2) is 4.98 Å². The van der Waals surface area contributed by atoms with Gasteiger partial charge in [-0.05, 0) is 36.8 Å². The summed E-state index contributed by atoms with van der Waals surface area (Å²) in [4.78, 5) is 3.56. The molecule has 0 fully saturated rings. The average molecular weight is 200 g/mol. The van der Waals surface area contributed by atoms with Gasteiger partial charge in [-0.1, -0.05) is 18.2 Å². The Kier molecular flexibility index (Phi) is 2.03. The molecule has 1 aromatic heterocycles. The van der Waals surface area contributed by atoms with Gasteiger partial charge in [0.25, 0.3) is 0 Å². The van der Waals surface area contributed by atoms with Gasteiger partial charge in [-0.25, -0.2) is 0 Å². The molecule has 2 aromatic rings. The highest BCUT2D eigenvalue weighted by Crippen LogP contribution is 2.30. The summed E-state index contributed by atoms with van der Waals surface area (Å²) in [5.74, 6) is 0. The number of nitrogens with one attached hydrogen (secondary N) is 1. The van der Waals surface area contributed by atoms with Gasteiger partial charge in [-0.2, -0.15) is 0 Å². The fourth-order valence-corrected chi connectivity index (χ4v) is 2.66. The van der Waals surface area contributed by atoms with Gasteiger partial charge in [0.2, 0.25) is 0 Å².